The number of rotatable bonds is 9. The smallest absolute Gasteiger partial charge is 0.276 e. The van der Waals surface area contributed by atoms with Crippen LogP contribution in [0.1, 0.15) is 48.3 Å². The van der Waals surface area contributed by atoms with Crippen LogP contribution >= 0.6 is 0 Å². The van der Waals surface area contributed by atoms with Gasteiger partial charge in [-0.05, 0) is 44.6 Å². The Labute approximate surface area is 258 Å². The first-order chi connectivity index (χ1) is 21.5. The number of anilines is 2. The van der Waals surface area contributed by atoms with Gasteiger partial charge in [-0.3, -0.25) is 24.8 Å². The Morgan fingerprint density at radius 1 is 1.29 bits per heavy atom. The third kappa shape index (κ3) is 6.05. The highest BCUT2D eigenvalue weighted by atomic mass is 19.1. The fourth-order valence-electron chi connectivity index (χ4n) is 5.53. The fourth-order valence-corrected chi connectivity index (χ4v) is 5.53. The molecule has 13 heteroatoms. The third-order valence-corrected chi connectivity index (χ3v) is 7.65. The Hall–Kier alpha value is -5.35. The summed E-state index contributed by atoms with van der Waals surface area (Å²) in [5, 5.41) is 31.2. The number of nitrogens with one attached hydrogen (secondary N) is 1. The highest BCUT2D eigenvalue weighted by Gasteiger charge is 2.33. The molecule has 1 aliphatic rings. The van der Waals surface area contributed by atoms with Crippen LogP contribution in [0, 0.1) is 24.1 Å². The van der Waals surface area contributed by atoms with Gasteiger partial charge in [0.25, 0.3) is 5.56 Å². The molecule has 2 aromatic heterocycles. The van der Waals surface area contributed by atoms with Crippen LogP contribution in [-0.4, -0.2) is 61.3 Å². The topological polar surface area (TPSA) is 148 Å². The first-order valence-corrected chi connectivity index (χ1v) is 14.2. The number of carbonyl (C=O) groups is 1. The molecule has 0 aliphatic carbocycles. The molecule has 234 valence electrons. The molecule has 1 amide bonds. The summed E-state index contributed by atoms with van der Waals surface area (Å²) in [5.74, 6) is -3.22. The zero-order valence-electron chi connectivity index (χ0n) is 25.1. The van der Waals surface area contributed by atoms with Crippen LogP contribution in [0.3, 0.4) is 0 Å². The van der Waals surface area contributed by atoms with Gasteiger partial charge < -0.3 is 14.9 Å². The van der Waals surface area contributed by atoms with Crippen LogP contribution < -0.4 is 15.9 Å². The molecule has 11 nitrogen and oxygen atoms in total. The lowest BCUT2D eigenvalue weighted by Gasteiger charge is -2.42. The number of benzene rings is 1. The minimum Gasteiger partial charge on any atom is -0.507 e. The number of hydrogen-bond acceptors (Lipinski definition) is 9. The molecule has 45 heavy (non-hydrogen) atoms. The third-order valence-electron chi connectivity index (χ3n) is 7.65. The monoisotopic (exact) mass is 617 g/mol. The number of aromatic hydroxyl groups is 1. The van der Waals surface area contributed by atoms with Gasteiger partial charge in [0.05, 0.1) is 28.3 Å². The van der Waals surface area contributed by atoms with Crippen LogP contribution in [0.25, 0.3) is 17.3 Å². The van der Waals surface area contributed by atoms with Crippen LogP contribution in [-0.2, 0) is 11.2 Å². The van der Waals surface area contributed by atoms with E-state index in [0.717, 1.165) is 16.7 Å². The van der Waals surface area contributed by atoms with Crippen molar-refractivity contribution in [3.05, 3.63) is 93.8 Å². The van der Waals surface area contributed by atoms with Gasteiger partial charge in [-0.1, -0.05) is 32.6 Å². The average molecular weight is 618 g/mol. The van der Waals surface area contributed by atoms with Crippen molar-refractivity contribution in [2.75, 3.05) is 30.0 Å². The second-order valence-electron chi connectivity index (χ2n) is 10.5. The van der Waals surface area contributed by atoms with Crippen molar-refractivity contribution in [2.24, 2.45) is 0 Å². The van der Waals surface area contributed by atoms with Gasteiger partial charge in [0.2, 0.25) is 5.91 Å². The van der Waals surface area contributed by atoms with Crippen molar-refractivity contribution in [1.29, 1.82) is 5.26 Å². The normalized spacial score (nSPS) is 15.0. The van der Waals surface area contributed by atoms with E-state index in [4.69, 9.17) is 0 Å². The minimum absolute atomic E-state index is 0.0271. The Balaban J connectivity index is 2.09. The predicted octanol–water partition coefficient (Wildman–Crippen LogP) is 4.65. The molecule has 0 spiro atoms. The molecule has 3 N–H and O–H groups in total. The van der Waals surface area contributed by atoms with Crippen molar-refractivity contribution in [2.45, 2.75) is 39.7 Å². The number of hydrogen-bond donors (Lipinski definition) is 3. The maximum absolute atomic E-state index is 16.1. The van der Waals surface area contributed by atoms with Gasteiger partial charge in [-0.2, -0.15) is 5.26 Å². The van der Waals surface area contributed by atoms with Gasteiger partial charge >= 0.3 is 0 Å². The molecule has 0 saturated carbocycles. The molecule has 4 rings (SSSR count). The summed E-state index contributed by atoms with van der Waals surface area (Å²) >= 11 is 0. The largest absolute Gasteiger partial charge is 0.507 e. The minimum atomic E-state index is -1.12. The summed E-state index contributed by atoms with van der Waals surface area (Å²) in [6.45, 7) is 13.0. The van der Waals surface area contributed by atoms with Crippen molar-refractivity contribution in [3.8, 4) is 17.5 Å². The first kappa shape index (κ1) is 32.6. The number of phenolic OH excluding ortho intramolecular Hbond substituents is 1. The van der Waals surface area contributed by atoms with E-state index in [1.165, 1.54) is 24.5 Å². The summed E-state index contributed by atoms with van der Waals surface area (Å²) in [5.41, 5.74) is 0.617. The zero-order chi connectivity index (χ0) is 33.0. The lowest BCUT2D eigenvalue weighted by atomic mass is 9.99. The van der Waals surface area contributed by atoms with Gasteiger partial charge in [-0.25, -0.2) is 18.7 Å². The number of carbonyl (C=O) groups excluding carboxylic acids is 1. The van der Waals surface area contributed by atoms with Crippen molar-refractivity contribution >= 4 is 29.1 Å². The van der Waals surface area contributed by atoms with Crippen LogP contribution in [0.15, 0.2) is 54.4 Å². The number of nitriles is 1. The summed E-state index contributed by atoms with van der Waals surface area (Å²) in [4.78, 5) is 38.3. The number of allylic oxidation sites excluding steroid dienone is 2. The number of pyridine rings is 1. The highest BCUT2D eigenvalue weighted by molar-refractivity contribution is 5.90. The number of piperazine rings is 1. The highest BCUT2D eigenvalue weighted by Crippen LogP contribution is 2.39. The Morgan fingerprint density at radius 3 is 2.62 bits per heavy atom. The Bertz CT molecular complexity index is 1790. The quantitative estimate of drug-likeness (QED) is 0.177. The van der Waals surface area contributed by atoms with Gasteiger partial charge in [0, 0.05) is 36.8 Å². The number of nitrogens with zero attached hydrogens (tertiary/aromatic N) is 6. The van der Waals surface area contributed by atoms with E-state index in [2.05, 4.69) is 23.1 Å². The second-order valence-corrected chi connectivity index (χ2v) is 10.5. The summed E-state index contributed by atoms with van der Waals surface area (Å²) in [6, 6.07) is 4.93. The molecular weight excluding hydrogens is 584 g/mol. The molecule has 3 aromatic rings. The molecule has 0 bridgehead atoms. The SMILES string of the molecule is C=CC(=O)N1CCN(c2c(/C=C(/F)C(=C)c3c(O)cccc3F)c(NO)n(-c3c(C)ncnc3CCC)c(=O)c2C#N)[C@@H](C)C1. The molecule has 1 aromatic carbocycles. The number of aromatic nitrogens is 3. The molecule has 0 unspecified atom stereocenters. The molecule has 1 atom stereocenters. The average Bonchev–Trinajstić information content (AvgIpc) is 3.01. The van der Waals surface area contributed by atoms with Crippen molar-refractivity contribution in [3.63, 3.8) is 0 Å². The Kier molecular flexibility index (Phi) is 9.79. The molecule has 0 radical (unpaired) electrons. The lowest BCUT2D eigenvalue weighted by molar-refractivity contribution is -0.126. The number of amides is 1. The fraction of sp³-hybridized carbons (Fsp3) is 0.281. The van der Waals surface area contributed by atoms with E-state index in [1.54, 1.807) is 23.6 Å². The Morgan fingerprint density at radius 2 is 2.02 bits per heavy atom. The summed E-state index contributed by atoms with van der Waals surface area (Å²) < 4.78 is 31.9. The maximum Gasteiger partial charge on any atom is 0.276 e. The molecule has 3 heterocycles. The molecule has 1 saturated heterocycles. The first-order valence-electron chi connectivity index (χ1n) is 14.2. The van der Waals surface area contributed by atoms with E-state index in [-0.39, 0.29) is 53.9 Å². The van der Waals surface area contributed by atoms with Crippen LogP contribution in [0.4, 0.5) is 20.3 Å². The molecular formula is C32H33F2N7O4. The van der Waals surface area contributed by atoms with Gasteiger partial charge in [0.1, 0.15) is 41.2 Å². The number of halogens is 2. The van der Waals surface area contributed by atoms with Crippen LogP contribution in [0.5, 0.6) is 5.75 Å². The van der Waals surface area contributed by atoms with Crippen molar-refractivity contribution in [1.82, 2.24) is 19.4 Å². The lowest BCUT2D eigenvalue weighted by Crippen LogP contribution is -2.54. The zero-order valence-corrected chi connectivity index (χ0v) is 25.1. The predicted molar refractivity (Wildman–Crippen MR) is 166 cm³/mol. The summed E-state index contributed by atoms with van der Waals surface area (Å²) in [7, 11) is 0. The number of aryl methyl sites for hydroxylation is 2. The van der Waals surface area contributed by atoms with Crippen molar-refractivity contribution < 1.29 is 23.9 Å². The van der Waals surface area contributed by atoms with Gasteiger partial charge in [-0.15, -0.1) is 0 Å². The van der Waals surface area contributed by atoms with E-state index in [0.29, 0.717) is 24.2 Å². The van der Waals surface area contributed by atoms with Gasteiger partial charge in [0.15, 0.2) is 0 Å². The van der Waals surface area contributed by atoms with E-state index >= 15 is 4.39 Å². The molecule has 1 aliphatic heterocycles. The van der Waals surface area contributed by atoms with E-state index < -0.39 is 40.1 Å². The van der Waals surface area contributed by atoms with E-state index in [1.807, 2.05) is 18.5 Å². The standard InChI is InChI=1S/C32H33F2N7O4/c1-6-9-25-29(20(5)36-17-37-25)41-31(38-45)21(14-24(34)19(4)28-23(33)10-8-11-26(28)42)30(22(15-35)32(41)44)40-13-12-39(16-18(40)3)27(43)7-2/h7-8,10-11,14,17-18,38,42,45H,2,4,6,9,12-13,16H2,1,3,5H3/b24-14+/t18-/m0/s1. The van der Waals surface area contributed by atoms with Crippen LogP contribution in [0.2, 0.25) is 0 Å². The molecule has 1 fully saturated rings. The summed E-state index contributed by atoms with van der Waals surface area (Å²) in [6.07, 6.45) is 4.48. The second kappa shape index (κ2) is 13.5. The number of phenols is 1. The van der Waals surface area contributed by atoms with E-state index in [9.17, 15) is 29.6 Å². The maximum atomic E-state index is 16.1.